The van der Waals surface area contributed by atoms with E-state index in [4.69, 9.17) is 4.74 Å². The van der Waals surface area contributed by atoms with E-state index in [2.05, 4.69) is 19.9 Å². The van der Waals surface area contributed by atoms with Crippen LogP contribution in [0.3, 0.4) is 0 Å². The van der Waals surface area contributed by atoms with Crippen LogP contribution in [-0.2, 0) is 4.74 Å². The highest BCUT2D eigenvalue weighted by Crippen LogP contribution is 2.31. The maximum atomic E-state index is 12.6. The normalized spacial score (nSPS) is 16.3. The van der Waals surface area contributed by atoms with Gasteiger partial charge in [-0.2, -0.15) is 0 Å². The Morgan fingerprint density at radius 3 is 2.88 bits per heavy atom. The minimum atomic E-state index is -0.0190. The highest BCUT2D eigenvalue weighted by Gasteiger charge is 2.27. The van der Waals surface area contributed by atoms with Crippen molar-refractivity contribution >= 4 is 28.5 Å². The molecule has 2 aliphatic rings. The molecule has 124 valence electrons. The number of hydrogen-bond donors (Lipinski definition) is 1. The van der Waals surface area contributed by atoms with Gasteiger partial charge in [-0.1, -0.05) is 12.1 Å². The van der Waals surface area contributed by atoms with E-state index >= 15 is 0 Å². The minimum absolute atomic E-state index is 0.0190. The van der Waals surface area contributed by atoms with Crippen molar-refractivity contribution in [3.8, 4) is 0 Å². The van der Waals surface area contributed by atoms with E-state index in [9.17, 15) is 4.79 Å². The number of para-hydroxylation sites is 2. The first-order chi connectivity index (χ1) is 12.3. The first-order valence-electron chi connectivity index (χ1n) is 8.21. The Morgan fingerprint density at radius 2 is 2.04 bits per heavy atom. The number of rotatable bonds is 2. The summed E-state index contributed by atoms with van der Waals surface area (Å²) < 4.78 is 5.30. The molecule has 5 rings (SSSR count). The van der Waals surface area contributed by atoms with Crippen LogP contribution in [0.15, 0.2) is 41.5 Å². The van der Waals surface area contributed by atoms with Crippen molar-refractivity contribution in [3.05, 3.63) is 53.5 Å². The second-order valence-corrected chi connectivity index (χ2v) is 6.06. The molecule has 3 aromatic rings. The highest BCUT2D eigenvalue weighted by atomic mass is 16.5. The maximum absolute atomic E-state index is 12.6. The molecule has 1 N–H and O–H groups in total. The number of morpholine rings is 1. The lowest BCUT2D eigenvalue weighted by Gasteiger charge is -2.27. The van der Waals surface area contributed by atoms with Gasteiger partial charge in [0.1, 0.15) is 5.71 Å². The van der Waals surface area contributed by atoms with Crippen LogP contribution in [-0.4, -0.2) is 57.8 Å². The van der Waals surface area contributed by atoms with Crippen LogP contribution in [0.5, 0.6) is 0 Å². The zero-order chi connectivity index (χ0) is 16.8. The molecule has 0 bridgehead atoms. The van der Waals surface area contributed by atoms with E-state index in [1.807, 2.05) is 30.3 Å². The topological polar surface area (TPSA) is 83.5 Å². The standard InChI is InChI=1S/C18H15N5O2/c24-18(23-5-7-25-8-6-23)11-9-12-15(22-16(12)19-10-11)17-20-13-3-1-2-4-14(13)21-17/h1-4,9-10H,5-8H2,(H,20,21). The predicted molar refractivity (Wildman–Crippen MR) is 92.4 cm³/mol. The van der Waals surface area contributed by atoms with Crippen LogP contribution in [0.1, 0.15) is 21.7 Å². The van der Waals surface area contributed by atoms with Gasteiger partial charge in [0.05, 0.1) is 29.8 Å². The van der Waals surface area contributed by atoms with Crippen LogP contribution in [0, 0.1) is 0 Å². The molecule has 2 aliphatic heterocycles. The van der Waals surface area contributed by atoms with Gasteiger partial charge in [-0.3, -0.25) is 4.79 Å². The number of aromatic amines is 1. The number of nitrogens with one attached hydrogen (secondary N) is 1. The lowest BCUT2D eigenvalue weighted by atomic mass is 10.0. The van der Waals surface area contributed by atoms with Crippen molar-refractivity contribution in [1.29, 1.82) is 0 Å². The molecule has 1 amide bonds. The summed E-state index contributed by atoms with van der Waals surface area (Å²) in [6.07, 6.45) is 1.59. The summed E-state index contributed by atoms with van der Waals surface area (Å²) >= 11 is 0. The molecular formula is C18H15N5O2. The highest BCUT2D eigenvalue weighted by molar-refractivity contribution is 6.21. The van der Waals surface area contributed by atoms with Crippen LogP contribution in [0.25, 0.3) is 11.0 Å². The van der Waals surface area contributed by atoms with Gasteiger partial charge in [-0.25, -0.2) is 15.0 Å². The molecule has 0 atom stereocenters. The molecule has 0 saturated carbocycles. The second-order valence-electron chi connectivity index (χ2n) is 6.06. The first kappa shape index (κ1) is 14.3. The number of nitrogens with zero attached hydrogens (tertiary/aromatic N) is 4. The Bertz CT molecular complexity index is 984. The number of ether oxygens (including phenoxy) is 1. The Hall–Kier alpha value is -3.06. The molecule has 0 unspecified atom stereocenters. The Kier molecular flexibility index (Phi) is 3.14. The van der Waals surface area contributed by atoms with Crippen LogP contribution in [0.4, 0.5) is 5.82 Å². The summed E-state index contributed by atoms with van der Waals surface area (Å²) in [7, 11) is 0. The molecule has 7 nitrogen and oxygen atoms in total. The van der Waals surface area contributed by atoms with Crippen LogP contribution >= 0.6 is 0 Å². The van der Waals surface area contributed by atoms with E-state index in [0.717, 1.165) is 22.3 Å². The molecule has 0 radical (unpaired) electrons. The van der Waals surface area contributed by atoms with Gasteiger partial charge in [0.25, 0.3) is 5.91 Å². The predicted octanol–water partition coefficient (Wildman–Crippen LogP) is 1.91. The fourth-order valence-electron chi connectivity index (χ4n) is 3.15. The number of amides is 1. The third-order valence-corrected chi connectivity index (χ3v) is 4.50. The zero-order valence-electron chi connectivity index (χ0n) is 13.4. The van der Waals surface area contributed by atoms with Gasteiger partial charge in [0.15, 0.2) is 11.6 Å². The molecule has 1 aromatic carbocycles. The number of hydrogen-bond acceptors (Lipinski definition) is 5. The Labute approximate surface area is 143 Å². The lowest BCUT2D eigenvalue weighted by molar-refractivity contribution is 0.0302. The SMILES string of the molecule is O=C(c1cnc2c(c1)C(c1nc3ccccc3[nH]1)=N2)N1CCOCC1. The number of benzene rings is 1. The molecule has 1 saturated heterocycles. The average Bonchev–Trinajstić information content (AvgIpc) is 3.06. The largest absolute Gasteiger partial charge is 0.378 e. The fraction of sp³-hybridized carbons (Fsp3) is 0.222. The van der Waals surface area contributed by atoms with Gasteiger partial charge in [-0.15, -0.1) is 0 Å². The smallest absolute Gasteiger partial charge is 0.255 e. The lowest BCUT2D eigenvalue weighted by Crippen LogP contribution is -2.40. The summed E-state index contributed by atoms with van der Waals surface area (Å²) in [6.45, 7) is 2.38. The second kappa shape index (κ2) is 5.49. The monoisotopic (exact) mass is 333 g/mol. The number of pyridine rings is 1. The number of carbonyl (C=O) groups excluding carboxylic acids is 1. The molecule has 2 aromatic heterocycles. The summed E-state index contributed by atoms with van der Waals surface area (Å²) in [6, 6.07) is 9.69. The molecule has 7 heteroatoms. The maximum Gasteiger partial charge on any atom is 0.255 e. The summed E-state index contributed by atoms with van der Waals surface area (Å²) in [5, 5.41) is 0. The van der Waals surface area contributed by atoms with E-state index < -0.39 is 0 Å². The van der Waals surface area contributed by atoms with Gasteiger partial charge >= 0.3 is 0 Å². The minimum Gasteiger partial charge on any atom is -0.378 e. The van der Waals surface area contributed by atoms with Crippen molar-refractivity contribution in [2.24, 2.45) is 4.99 Å². The zero-order valence-corrected chi connectivity index (χ0v) is 13.4. The molecule has 4 heterocycles. The van der Waals surface area contributed by atoms with Gasteiger partial charge < -0.3 is 14.6 Å². The summed E-state index contributed by atoms with van der Waals surface area (Å²) in [4.78, 5) is 31.0. The van der Waals surface area contributed by atoms with Gasteiger partial charge in [0.2, 0.25) is 0 Å². The van der Waals surface area contributed by atoms with E-state index in [1.54, 1.807) is 11.1 Å². The molecule has 0 aliphatic carbocycles. The van der Waals surface area contributed by atoms with Crippen molar-refractivity contribution in [2.45, 2.75) is 0 Å². The molecule has 1 fully saturated rings. The van der Waals surface area contributed by atoms with Crippen molar-refractivity contribution in [2.75, 3.05) is 26.3 Å². The number of fused-ring (bicyclic) bond motifs is 2. The number of aliphatic imine (C=N–C) groups is 1. The fourth-order valence-corrected chi connectivity index (χ4v) is 3.15. The number of aromatic nitrogens is 3. The number of imidazole rings is 1. The molecular weight excluding hydrogens is 318 g/mol. The Morgan fingerprint density at radius 1 is 1.20 bits per heavy atom. The van der Waals surface area contributed by atoms with Crippen molar-refractivity contribution in [3.63, 3.8) is 0 Å². The van der Waals surface area contributed by atoms with Gasteiger partial charge in [0, 0.05) is 24.8 Å². The third kappa shape index (κ3) is 2.32. The molecule has 25 heavy (non-hydrogen) atoms. The summed E-state index contributed by atoms with van der Waals surface area (Å²) in [5.41, 5.74) is 4.03. The molecule has 0 spiro atoms. The first-order valence-corrected chi connectivity index (χ1v) is 8.21. The number of H-pyrrole nitrogens is 1. The average molecular weight is 333 g/mol. The summed E-state index contributed by atoms with van der Waals surface area (Å²) in [5.74, 6) is 1.33. The van der Waals surface area contributed by atoms with E-state index in [1.165, 1.54) is 0 Å². The van der Waals surface area contributed by atoms with Crippen molar-refractivity contribution < 1.29 is 9.53 Å². The van der Waals surface area contributed by atoms with Gasteiger partial charge in [-0.05, 0) is 18.2 Å². The van der Waals surface area contributed by atoms with Crippen LogP contribution < -0.4 is 0 Å². The quantitative estimate of drug-likeness (QED) is 0.607. The Balaban J connectivity index is 1.46. The van der Waals surface area contributed by atoms with Crippen molar-refractivity contribution in [1.82, 2.24) is 19.9 Å². The van der Waals surface area contributed by atoms with Crippen LogP contribution in [0.2, 0.25) is 0 Å². The van der Waals surface area contributed by atoms with E-state index in [-0.39, 0.29) is 5.91 Å². The third-order valence-electron chi connectivity index (χ3n) is 4.50. The number of carbonyl (C=O) groups is 1. The van der Waals surface area contributed by atoms with E-state index in [0.29, 0.717) is 43.5 Å².